The molecule has 0 N–H and O–H groups in total. The van der Waals surface area contributed by atoms with Crippen LogP contribution in [0.5, 0.6) is 17.2 Å². The van der Waals surface area contributed by atoms with Crippen LogP contribution in [-0.2, 0) is 11.3 Å². The first kappa shape index (κ1) is 19.1. The Balaban J connectivity index is 1.76. The third-order valence-electron chi connectivity index (χ3n) is 4.30. The topological polar surface area (TPSA) is 48.0 Å². The van der Waals surface area contributed by atoms with Crippen molar-refractivity contribution in [3.05, 3.63) is 58.6 Å². The molecule has 1 aliphatic heterocycles. The molecular weight excluding hydrogens is 366 g/mol. The molecule has 0 aliphatic carbocycles. The van der Waals surface area contributed by atoms with E-state index >= 15 is 0 Å². The van der Waals surface area contributed by atoms with Gasteiger partial charge in [0, 0.05) is 35.3 Å². The highest BCUT2D eigenvalue weighted by atomic mass is 35.5. The number of carbonyl (C=O) groups excluding carboxylic acids is 1. The van der Waals surface area contributed by atoms with Gasteiger partial charge in [0.25, 0.3) is 0 Å². The highest BCUT2D eigenvalue weighted by Gasteiger charge is 2.18. The van der Waals surface area contributed by atoms with Gasteiger partial charge in [-0.05, 0) is 37.3 Å². The van der Waals surface area contributed by atoms with Crippen LogP contribution < -0.4 is 14.2 Å². The van der Waals surface area contributed by atoms with E-state index in [-0.39, 0.29) is 5.91 Å². The fourth-order valence-electron chi connectivity index (χ4n) is 2.91. The van der Waals surface area contributed by atoms with Gasteiger partial charge in [-0.2, -0.15) is 0 Å². The molecule has 0 aromatic heterocycles. The number of methoxy groups -OCH3 is 1. The summed E-state index contributed by atoms with van der Waals surface area (Å²) in [5.74, 6) is 2.00. The summed E-state index contributed by atoms with van der Waals surface area (Å²) < 4.78 is 16.7. The second-order valence-electron chi connectivity index (χ2n) is 6.01. The molecule has 1 amide bonds. The van der Waals surface area contributed by atoms with Crippen molar-refractivity contribution in [1.82, 2.24) is 4.90 Å². The zero-order valence-corrected chi connectivity index (χ0v) is 16.2. The zero-order chi connectivity index (χ0) is 19.2. The molecule has 0 radical (unpaired) electrons. The van der Waals surface area contributed by atoms with Gasteiger partial charge in [-0.1, -0.05) is 23.7 Å². The lowest BCUT2D eigenvalue weighted by molar-refractivity contribution is -0.126. The lowest BCUT2D eigenvalue weighted by Gasteiger charge is -2.24. The minimum Gasteiger partial charge on any atom is -0.496 e. The van der Waals surface area contributed by atoms with Gasteiger partial charge < -0.3 is 19.1 Å². The molecule has 0 bridgehead atoms. The van der Waals surface area contributed by atoms with Crippen LogP contribution >= 0.6 is 11.6 Å². The van der Waals surface area contributed by atoms with E-state index in [4.69, 9.17) is 25.8 Å². The third-order valence-corrected chi connectivity index (χ3v) is 4.53. The quantitative estimate of drug-likeness (QED) is 0.697. The molecule has 0 saturated carbocycles. The van der Waals surface area contributed by atoms with E-state index < -0.39 is 0 Å². The van der Waals surface area contributed by atoms with Gasteiger partial charge in [-0.15, -0.1) is 0 Å². The number of hydrogen-bond donors (Lipinski definition) is 0. The standard InChI is InChI=1S/C21H22ClNO4/c1-3-23(14-16-5-4-6-19-21(16)27-12-11-26-19)20(24)10-7-15-13-17(22)8-9-18(15)25-2/h4-10,13H,3,11-12,14H2,1-2H3/b10-7+. The van der Waals surface area contributed by atoms with E-state index in [2.05, 4.69) is 0 Å². The molecule has 1 heterocycles. The van der Waals surface area contributed by atoms with Crippen molar-refractivity contribution in [1.29, 1.82) is 0 Å². The molecule has 2 aromatic rings. The number of carbonyl (C=O) groups is 1. The fraction of sp³-hybridized carbons (Fsp3) is 0.286. The Morgan fingerprint density at radius 2 is 2.07 bits per heavy atom. The molecule has 5 nitrogen and oxygen atoms in total. The van der Waals surface area contributed by atoms with Gasteiger partial charge >= 0.3 is 0 Å². The molecular formula is C21H22ClNO4. The van der Waals surface area contributed by atoms with E-state index in [0.717, 1.165) is 22.6 Å². The monoisotopic (exact) mass is 387 g/mol. The average Bonchev–Trinajstić information content (AvgIpc) is 2.70. The third kappa shape index (κ3) is 4.55. The van der Waals surface area contributed by atoms with E-state index in [1.807, 2.05) is 25.1 Å². The normalized spacial score (nSPS) is 12.9. The predicted octanol–water partition coefficient (Wildman–Crippen LogP) is 4.18. The number of para-hydroxylation sites is 1. The molecule has 0 fully saturated rings. The lowest BCUT2D eigenvalue weighted by Crippen LogP contribution is -2.29. The summed E-state index contributed by atoms with van der Waals surface area (Å²) in [5, 5.41) is 0.586. The van der Waals surface area contributed by atoms with Crippen molar-refractivity contribution >= 4 is 23.6 Å². The minimum atomic E-state index is -0.103. The van der Waals surface area contributed by atoms with Crippen molar-refractivity contribution < 1.29 is 19.0 Å². The summed E-state index contributed by atoms with van der Waals surface area (Å²) >= 11 is 6.04. The average molecular weight is 388 g/mol. The van der Waals surface area contributed by atoms with Crippen molar-refractivity contribution in [2.45, 2.75) is 13.5 Å². The van der Waals surface area contributed by atoms with Crippen LogP contribution in [0.3, 0.4) is 0 Å². The van der Waals surface area contributed by atoms with Crippen LogP contribution in [0.25, 0.3) is 6.08 Å². The van der Waals surface area contributed by atoms with Gasteiger partial charge in [-0.3, -0.25) is 4.79 Å². The SMILES string of the molecule is CCN(Cc1cccc2c1OCCO2)C(=O)/C=C/c1cc(Cl)ccc1OC. The van der Waals surface area contributed by atoms with Crippen LogP contribution in [0.15, 0.2) is 42.5 Å². The summed E-state index contributed by atoms with van der Waals surface area (Å²) in [4.78, 5) is 14.4. The number of halogens is 1. The Bertz CT molecular complexity index is 850. The predicted molar refractivity (Wildman–Crippen MR) is 106 cm³/mol. The number of likely N-dealkylation sites (N-methyl/N-ethyl adjacent to an activating group) is 1. The zero-order valence-electron chi connectivity index (χ0n) is 15.4. The van der Waals surface area contributed by atoms with Gasteiger partial charge in [0.2, 0.25) is 5.91 Å². The van der Waals surface area contributed by atoms with E-state index in [1.165, 1.54) is 6.08 Å². The molecule has 1 aliphatic rings. The number of fused-ring (bicyclic) bond motifs is 1. The first-order chi connectivity index (χ1) is 13.1. The number of amides is 1. The highest BCUT2D eigenvalue weighted by molar-refractivity contribution is 6.30. The molecule has 3 rings (SSSR count). The highest BCUT2D eigenvalue weighted by Crippen LogP contribution is 2.34. The van der Waals surface area contributed by atoms with Crippen molar-refractivity contribution in [2.75, 3.05) is 26.9 Å². The van der Waals surface area contributed by atoms with Crippen molar-refractivity contribution in [3.63, 3.8) is 0 Å². The second-order valence-corrected chi connectivity index (χ2v) is 6.45. The van der Waals surface area contributed by atoms with E-state index in [1.54, 1.807) is 36.3 Å². The van der Waals surface area contributed by atoms with Gasteiger partial charge in [0.1, 0.15) is 19.0 Å². The van der Waals surface area contributed by atoms with E-state index in [0.29, 0.717) is 37.1 Å². The lowest BCUT2D eigenvalue weighted by atomic mass is 10.1. The maximum Gasteiger partial charge on any atom is 0.246 e. The molecule has 142 valence electrons. The first-order valence-corrected chi connectivity index (χ1v) is 9.18. The Morgan fingerprint density at radius 3 is 2.85 bits per heavy atom. The van der Waals surface area contributed by atoms with Crippen LogP contribution in [0.4, 0.5) is 0 Å². The minimum absolute atomic E-state index is 0.103. The smallest absolute Gasteiger partial charge is 0.246 e. The molecule has 27 heavy (non-hydrogen) atoms. The number of ether oxygens (including phenoxy) is 3. The van der Waals surface area contributed by atoms with Crippen LogP contribution in [0, 0.1) is 0 Å². The molecule has 0 unspecified atom stereocenters. The van der Waals surface area contributed by atoms with Crippen LogP contribution in [-0.4, -0.2) is 37.7 Å². The maximum absolute atomic E-state index is 12.7. The first-order valence-electron chi connectivity index (χ1n) is 8.80. The second kappa shape index (κ2) is 8.82. The van der Waals surface area contributed by atoms with Gasteiger partial charge in [0.15, 0.2) is 11.5 Å². The Hall–Kier alpha value is -2.66. The van der Waals surface area contributed by atoms with Crippen LogP contribution in [0.1, 0.15) is 18.1 Å². The van der Waals surface area contributed by atoms with Crippen molar-refractivity contribution in [2.24, 2.45) is 0 Å². The molecule has 0 atom stereocenters. The Morgan fingerprint density at radius 1 is 1.26 bits per heavy atom. The Kier molecular flexibility index (Phi) is 6.24. The summed E-state index contributed by atoms with van der Waals surface area (Å²) in [6.07, 6.45) is 3.25. The van der Waals surface area contributed by atoms with E-state index in [9.17, 15) is 4.79 Å². The van der Waals surface area contributed by atoms with Gasteiger partial charge in [0.05, 0.1) is 7.11 Å². The number of nitrogens with zero attached hydrogens (tertiary/aromatic N) is 1. The number of benzene rings is 2. The molecule has 2 aromatic carbocycles. The molecule has 0 saturated heterocycles. The number of rotatable bonds is 6. The fourth-order valence-corrected chi connectivity index (χ4v) is 3.09. The van der Waals surface area contributed by atoms with Gasteiger partial charge in [-0.25, -0.2) is 0 Å². The Labute approximate surface area is 164 Å². The largest absolute Gasteiger partial charge is 0.496 e. The summed E-state index contributed by atoms with van der Waals surface area (Å²) in [6, 6.07) is 11.0. The molecule has 6 heteroatoms. The molecule has 0 spiro atoms. The summed E-state index contributed by atoms with van der Waals surface area (Å²) in [7, 11) is 1.58. The van der Waals surface area contributed by atoms with Crippen LogP contribution in [0.2, 0.25) is 5.02 Å². The number of hydrogen-bond acceptors (Lipinski definition) is 4. The summed E-state index contributed by atoms with van der Waals surface area (Å²) in [6.45, 7) is 4.01. The van der Waals surface area contributed by atoms with Crippen molar-refractivity contribution in [3.8, 4) is 17.2 Å². The summed E-state index contributed by atoms with van der Waals surface area (Å²) in [5.41, 5.74) is 1.68. The maximum atomic E-state index is 12.7.